The first-order chi connectivity index (χ1) is 11.8. The largest absolute Gasteiger partial charge is 0.573 e. The molecule has 0 atom stereocenters. The van der Waals surface area contributed by atoms with Crippen LogP contribution in [0, 0.1) is 5.41 Å². The van der Waals surface area contributed by atoms with Gasteiger partial charge < -0.3 is 24.8 Å². The van der Waals surface area contributed by atoms with Gasteiger partial charge in [-0.2, -0.15) is 0 Å². The molecule has 1 saturated heterocycles. The van der Waals surface area contributed by atoms with Crippen molar-refractivity contribution in [3.8, 4) is 5.75 Å². The first-order valence-corrected chi connectivity index (χ1v) is 7.49. The summed E-state index contributed by atoms with van der Waals surface area (Å²) in [6, 6.07) is 7.50. The predicted molar refractivity (Wildman–Crippen MR) is 85.1 cm³/mol. The molecule has 1 fully saturated rings. The normalized spacial score (nSPS) is 15.3. The van der Waals surface area contributed by atoms with Crippen molar-refractivity contribution in [2.24, 2.45) is 5.73 Å². The minimum atomic E-state index is -4.71. The Morgan fingerprint density at radius 1 is 1.16 bits per heavy atom. The molecule has 7 nitrogen and oxygen atoms in total. The Morgan fingerprint density at radius 2 is 1.84 bits per heavy atom. The molecule has 3 rings (SSSR count). The summed E-state index contributed by atoms with van der Waals surface area (Å²) in [5, 5.41) is 11.2. The second-order valence-electron chi connectivity index (χ2n) is 5.48. The van der Waals surface area contributed by atoms with Gasteiger partial charge in [-0.05, 0) is 12.1 Å². The highest BCUT2D eigenvalue weighted by molar-refractivity contribution is 5.92. The number of nitrogens with zero attached hydrogens (tertiary/aromatic N) is 3. The Balaban J connectivity index is 1.64. The van der Waals surface area contributed by atoms with Gasteiger partial charge in [-0.1, -0.05) is 11.2 Å². The van der Waals surface area contributed by atoms with E-state index >= 15 is 0 Å². The van der Waals surface area contributed by atoms with Crippen LogP contribution in [0.15, 0.2) is 34.9 Å². The molecule has 1 aliphatic heterocycles. The standard InChI is InChI=1S/C15H16F3N5O2/c16-15(17,18)24-11-3-1-2-10(8-11)22-4-6-23(7-5-22)13-9-12(14(19)20)25-21-13/h1-3,8-9H,4-7H2,(H3,19,20). The van der Waals surface area contributed by atoms with Crippen LogP contribution in [0.3, 0.4) is 0 Å². The molecule has 2 heterocycles. The second-order valence-corrected chi connectivity index (χ2v) is 5.48. The number of amidine groups is 1. The lowest BCUT2D eigenvalue weighted by molar-refractivity contribution is -0.274. The number of nitrogen functional groups attached to an aromatic ring is 1. The number of nitrogens with one attached hydrogen (secondary N) is 1. The minimum Gasteiger partial charge on any atom is -0.406 e. The maximum Gasteiger partial charge on any atom is 0.573 e. The fourth-order valence-electron chi connectivity index (χ4n) is 2.61. The van der Waals surface area contributed by atoms with Crippen LogP contribution in [-0.4, -0.2) is 43.5 Å². The number of anilines is 2. The quantitative estimate of drug-likeness (QED) is 0.645. The fraction of sp³-hybridized carbons (Fsp3) is 0.333. The number of rotatable bonds is 4. The lowest BCUT2D eigenvalue weighted by atomic mass is 10.2. The number of piperazine rings is 1. The zero-order chi connectivity index (χ0) is 18.0. The molecule has 0 radical (unpaired) electrons. The van der Waals surface area contributed by atoms with Crippen LogP contribution in [0.25, 0.3) is 0 Å². The molecule has 10 heteroatoms. The number of ether oxygens (including phenoxy) is 1. The molecule has 0 spiro atoms. The third-order valence-corrected chi connectivity index (χ3v) is 3.78. The van der Waals surface area contributed by atoms with Gasteiger partial charge in [0.05, 0.1) is 0 Å². The molecule has 1 aliphatic rings. The summed E-state index contributed by atoms with van der Waals surface area (Å²) in [4.78, 5) is 3.92. The Morgan fingerprint density at radius 3 is 2.44 bits per heavy atom. The van der Waals surface area contributed by atoms with E-state index in [2.05, 4.69) is 9.89 Å². The zero-order valence-electron chi connectivity index (χ0n) is 13.1. The summed E-state index contributed by atoms with van der Waals surface area (Å²) in [6.07, 6.45) is -4.71. The monoisotopic (exact) mass is 355 g/mol. The number of alkyl halides is 3. The molecule has 1 aromatic carbocycles. The van der Waals surface area contributed by atoms with E-state index in [0.29, 0.717) is 37.7 Å². The van der Waals surface area contributed by atoms with Gasteiger partial charge in [0.25, 0.3) is 0 Å². The highest BCUT2D eigenvalue weighted by Gasteiger charge is 2.31. The minimum absolute atomic E-state index is 0.195. The van der Waals surface area contributed by atoms with Crippen molar-refractivity contribution in [1.82, 2.24) is 5.16 Å². The van der Waals surface area contributed by atoms with E-state index in [1.54, 1.807) is 12.1 Å². The summed E-state index contributed by atoms with van der Waals surface area (Å²) in [6.45, 7) is 2.40. The highest BCUT2D eigenvalue weighted by Crippen LogP contribution is 2.28. The third kappa shape index (κ3) is 4.14. The van der Waals surface area contributed by atoms with Gasteiger partial charge in [-0.15, -0.1) is 13.2 Å². The van der Waals surface area contributed by atoms with Crippen molar-refractivity contribution in [2.45, 2.75) is 6.36 Å². The number of halogens is 3. The van der Waals surface area contributed by atoms with E-state index in [1.165, 1.54) is 18.2 Å². The average molecular weight is 355 g/mol. The van der Waals surface area contributed by atoms with Crippen molar-refractivity contribution >= 4 is 17.3 Å². The lowest BCUT2D eigenvalue weighted by Gasteiger charge is -2.36. The van der Waals surface area contributed by atoms with E-state index in [4.69, 9.17) is 15.7 Å². The maximum atomic E-state index is 12.3. The molecule has 1 aromatic heterocycles. The van der Waals surface area contributed by atoms with Crippen molar-refractivity contribution in [1.29, 1.82) is 5.41 Å². The molecular formula is C15H16F3N5O2. The van der Waals surface area contributed by atoms with Crippen LogP contribution in [0.5, 0.6) is 5.75 Å². The van der Waals surface area contributed by atoms with Crippen LogP contribution in [0.4, 0.5) is 24.7 Å². The summed E-state index contributed by atoms with van der Waals surface area (Å²) in [5.41, 5.74) is 6.00. The van der Waals surface area contributed by atoms with E-state index in [0.717, 1.165) is 0 Å². The lowest BCUT2D eigenvalue weighted by Crippen LogP contribution is -2.46. The van der Waals surface area contributed by atoms with E-state index < -0.39 is 6.36 Å². The Kier molecular flexibility index (Phi) is 4.43. The molecule has 0 saturated carbocycles. The molecule has 25 heavy (non-hydrogen) atoms. The first-order valence-electron chi connectivity index (χ1n) is 7.49. The molecule has 0 amide bonds. The van der Waals surface area contributed by atoms with E-state index in [9.17, 15) is 13.2 Å². The van der Waals surface area contributed by atoms with Crippen LogP contribution >= 0.6 is 0 Å². The van der Waals surface area contributed by atoms with Crippen LogP contribution in [0.1, 0.15) is 5.76 Å². The number of hydrogen-bond acceptors (Lipinski definition) is 6. The second kappa shape index (κ2) is 6.54. The fourth-order valence-corrected chi connectivity index (χ4v) is 2.61. The number of aromatic nitrogens is 1. The number of hydrogen-bond donors (Lipinski definition) is 2. The molecule has 0 unspecified atom stereocenters. The van der Waals surface area contributed by atoms with Gasteiger partial charge in [-0.3, -0.25) is 5.41 Å². The van der Waals surface area contributed by atoms with Crippen LogP contribution in [-0.2, 0) is 0 Å². The average Bonchev–Trinajstić information content (AvgIpc) is 3.04. The first kappa shape index (κ1) is 16.9. The van der Waals surface area contributed by atoms with E-state index in [1.807, 2.05) is 9.80 Å². The van der Waals surface area contributed by atoms with Crippen LogP contribution < -0.4 is 20.3 Å². The van der Waals surface area contributed by atoms with Gasteiger partial charge in [0.1, 0.15) is 5.75 Å². The third-order valence-electron chi connectivity index (χ3n) is 3.78. The highest BCUT2D eigenvalue weighted by atomic mass is 19.4. The predicted octanol–water partition coefficient (Wildman–Crippen LogP) is 2.18. The van der Waals surface area contributed by atoms with Gasteiger partial charge in [0.2, 0.25) is 5.76 Å². The van der Waals surface area contributed by atoms with Crippen molar-refractivity contribution < 1.29 is 22.4 Å². The van der Waals surface area contributed by atoms with Crippen LogP contribution in [0.2, 0.25) is 0 Å². The summed E-state index contributed by atoms with van der Waals surface area (Å²) in [5.74, 6) is 0.349. The van der Waals surface area contributed by atoms with Gasteiger partial charge >= 0.3 is 6.36 Å². The van der Waals surface area contributed by atoms with Crippen molar-refractivity contribution in [3.05, 3.63) is 36.1 Å². The molecule has 0 bridgehead atoms. The molecule has 134 valence electrons. The van der Waals surface area contributed by atoms with Gasteiger partial charge in [0.15, 0.2) is 11.7 Å². The Bertz CT molecular complexity index is 754. The maximum absolute atomic E-state index is 12.3. The van der Waals surface area contributed by atoms with E-state index in [-0.39, 0.29) is 17.3 Å². The van der Waals surface area contributed by atoms with Gasteiger partial charge in [-0.25, -0.2) is 0 Å². The molecule has 3 N–H and O–H groups in total. The Hall–Kier alpha value is -2.91. The molecular weight excluding hydrogens is 339 g/mol. The van der Waals surface area contributed by atoms with Gasteiger partial charge in [0, 0.05) is 44.0 Å². The Labute approximate surface area is 141 Å². The summed E-state index contributed by atoms with van der Waals surface area (Å²) < 4.78 is 45.9. The summed E-state index contributed by atoms with van der Waals surface area (Å²) >= 11 is 0. The zero-order valence-corrected chi connectivity index (χ0v) is 13.1. The molecule has 2 aromatic rings. The van der Waals surface area contributed by atoms with Crippen molar-refractivity contribution in [3.63, 3.8) is 0 Å². The van der Waals surface area contributed by atoms with Crippen molar-refractivity contribution in [2.75, 3.05) is 36.0 Å². The topological polar surface area (TPSA) is 91.6 Å². The molecule has 0 aliphatic carbocycles. The smallest absolute Gasteiger partial charge is 0.406 e. The summed E-state index contributed by atoms with van der Waals surface area (Å²) in [7, 11) is 0. The SMILES string of the molecule is N=C(N)c1cc(N2CCN(c3cccc(OC(F)(F)F)c3)CC2)no1. The number of nitrogens with two attached hydrogens (primary N) is 1. The number of benzene rings is 1.